The molecule has 2 unspecified atom stereocenters. The van der Waals surface area contributed by atoms with Gasteiger partial charge >= 0.3 is 5.97 Å². The molecule has 1 aromatic heterocycles. The van der Waals surface area contributed by atoms with Crippen LogP contribution in [0.3, 0.4) is 0 Å². The molecule has 2 aromatic carbocycles. The van der Waals surface area contributed by atoms with Crippen molar-refractivity contribution in [2.45, 2.75) is 42.9 Å². The van der Waals surface area contributed by atoms with E-state index in [0.29, 0.717) is 33.1 Å². The van der Waals surface area contributed by atoms with Gasteiger partial charge in [-0.05, 0) is 62.1 Å². The zero-order valence-corrected chi connectivity index (χ0v) is 21.2. The van der Waals surface area contributed by atoms with Crippen molar-refractivity contribution in [3.63, 3.8) is 0 Å². The fourth-order valence-corrected chi connectivity index (χ4v) is 6.24. The second-order valence-electron chi connectivity index (χ2n) is 8.45. The molecule has 1 aliphatic rings. The van der Waals surface area contributed by atoms with Gasteiger partial charge in [0.1, 0.15) is 5.69 Å². The average Bonchev–Trinajstić information content (AvgIpc) is 3.14. The number of hydrogen-bond donors (Lipinski definition) is 1. The summed E-state index contributed by atoms with van der Waals surface area (Å²) in [7, 11) is -2.06. The third-order valence-corrected chi connectivity index (χ3v) is 9.27. The quantitative estimate of drug-likeness (QED) is 0.487. The predicted molar refractivity (Wildman–Crippen MR) is 131 cm³/mol. The number of sulfone groups is 1. The van der Waals surface area contributed by atoms with Crippen LogP contribution in [-0.4, -0.2) is 36.7 Å². The van der Waals surface area contributed by atoms with Gasteiger partial charge in [0.25, 0.3) is 5.91 Å². The molecule has 1 N–H and O–H groups in total. The maximum Gasteiger partial charge on any atom is 0.324 e. The molecule has 0 spiro atoms. The molecule has 1 aliphatic heterocycles. The van der Waals surface area contributed by atoms with Crippen LogP contribution in [0.15, 0.2) is 41.3 Å². The number of fused-ring (bicyclic) bond motifs is 1. The number of rotatable bonds is 5. The lowest BCUT2D eigenvalue weighted by Crippen LogP contribution is -2.36. The lowest BCUT2D eigenvalue weighted by molar-refractivity contribution is -0.146. The van der Waals surface area contributed by atoms with Crippen molar-refractivity contribution in [1.29, 1.82) is 0 Å². The number of carbonyl (C=O) groups is 2. The Kier molecular flexibility index (Phi) is 6.68. The van der Waals surface area contributed by atoms with Gasteiger partial charge in [0.2, 0.25) is 0 Å². The van der Waals surface area contributed by atoms with E-state index in [4.69, 9.17) is 27.9 Å². The van der Waals surface area contributed by atoms with E-state index in [2.05, 4.69) is 5.32 Å². The van der Waals surface area contributed by atoms with Crippen molar-refractivity contribution in [1.82, 2.24) is 9.88 Å². The maximum atomic E-state index is 13.0. The molecule has 0 saturated carbocycles. The number of hydrogen-bond acceptors (Lipinski definition) is 5. The lowest BCUT2D eigenvalue weighted by Gasteiger charge is -2.21. The third kappa shape index (κ3) is 4.30. The molecule has 1 fully saturated rings. The SMILES string of the molecule is Cc1cc2c(cc(C(=O)NC(C)c3ccc(S(=O)(=O)C4CCCOC4=O)cc3)n2C)c(Cl)c1Cl. The molecule has 4 rings (SSSR count). The molecule has 1 amide bonds. The molecule has 180 valence electrons. The van der Waals surface area contributed by atoms with E-state index < -0.39 is 27.1 Å². The Bertz CT molecular complexity index is 1400. The van der Waals surface area contributed by atoms with Gasteiger partial charge in [0.15, 0.2) is 15.1 Å². The highest BCUT2D eigenvalue weighted by Crippen LogP contribution is 2.35. The van der Waals surface area contributed by atoms with E-state index in [1.54, 1.807) is 36.7 Å². The molecule has 0 bridgehead atoms. The number of carbonyl (C=O) groups excluding carboxylic acids is 2. The van der Waals surface area contributed by atoms with Crippen molar-refractivity contribution in [2.75, 3.05) is 6.61 Å². The number of nitrogens with zero attached hydrogens (tertiary/aromatic N) is 1. The summed E-state index contributed by atoms with van der Waals surface area (Å²) in [6.07, 6.45) is 0.761. The van der Waals surface area contributed by atoms with E-state index in [1.165, 1.54) is 12.1 Å². The number of nitrogens with one attached hydrogen (secondary N) is 1. The summed E-state index contributed by atoms with van der Waals surface area (Å²) in [4.78, 5) is 25.0. The van der Waals surface area contributed by atoms with Crippen LogP contribution in [-0.2, 0) is 26.4 Å². The molecular formula is C24H24Cl2N2O5S. The summed E-state index contributed by atoms with van der Waals surface area (Å²) in [5, 5.41) is 3.30. The normalized spacial score (nSPS) is 17.4. The molecule has 3 aromatic rings. The predicted octanol–water partition coefficient (Wildman–Crippen LogP) is 4.76. The molecule has 0 aliphatic carbocycles. The Morgan fingerprint density at radius 3 is 2.50 bits per heavy atom. The number of cyclic esters (lactones) is 1. The minimum Gasteiger partial charge on any atom is -0.465 e. The van der Waals surface area contributed by atoms with E-state index in [9.17, 15) is 18.0 Å². The zero-order valence-electron chi connectivity index (χ0n) is 18.9. The number of halogens is 2. The Morgan fingerprint density at radius 2 is 1.85 bits per heavy atom. The smallest absolute Gasteiger partial charge is 0.324 e. The van der Waals surface area contributed by atoms with E-state index in [0.717, 1.165) is 11.1 Å². The van der Waals surface area contributed by atoms with E-state index in [1.807, 2.05) is 13.0 Å². The summed E-state index contributed by atoms with van der Waals surface area (Å²) in [6, 6.07) is 9.35. The molecular weight excluding hydrogens is 499 g/mol. The van der Waals surface area contributed by atoms with Crippen molar-refractivity contribution >= 4 is 55.8 Å². The fourth-order valence-electron chi connectivity index (χ4n) is 4.14. The highest BCUT2D eigenvalue weighted by atomic mass is 35.5. The van der Waals surface area contributed by atoms with Gasteiger partial charge in [-0.15, -0.1) is 0 Å². The van der Waals surface area contributed by atoms with Gasteiger partial charge in [0.05, 0.1) is 33.1 Å². The summed E-state index contributed by atoms with van der Waals surface area (Å²) in [6.45, 7) is 3.90. The van der Waals surface area contributed by atoms with Gasteiger partial charge in [0, 0.05) is 12.4 Å². The van der Waals surface area contributed by atoms with Gasteiger partial charge in [-0.25, -0.2) is 8.42 Å². The Balaban J connectivity index is 1.54. The van der Waals surface area contributed by atoms with Gasteiger partial charge in [-0.3, -0.25) is 9.59 Å². The van der Waals surface area contributed by atoms with Crippen LogP contribution < -0.4 is 5.32 Å². The van der Waals surface area contributed by atoms with Crippen LogP contribution in [0, 0.1) is 6.92 Å². The highest BCUT2D eigenvalue weighted by Gasteiger charge is 2.37. The standard InChI is InChI=1S/C24H24Cl2N2O5S/c1-13-11-18-17(22(26)21(13)25)12-19(28(18)3)23(29)27-14(2)15-6-8-16(9-7-15)34(31,32)20-5-4-10-33-24(20)30/h6-9,11-12,14,20H,4-5,10H2,1-3H3,(H,27,29). The Morgan fingerprint density at radius 1 is 1.18 bits per heavy atom. The topological polar surface area (TPSA) is 94.5 Å². The molecule has 10 heteroatoms. The lowest BCUT2D eigenvalue weighted by atomic mass is 10.1. The fraction of sp³-hybridized carbons (Fsp3) is 0.333. The number of esters is 1. The third-order valence-electron chi connectivity index (χ3n) is 6.19. The van der Waals surface area contributed by atoms with Crippen LogP contribution in [0.4, 0.5) is 0 Å². The summed E-state index contributed by atoms with van der Waals surface area (Å²) < 4.78 is 32.4. The zero-order chi connectivity index (χ0) is 24.8. The monoisotopic (exact) mass is 522 g/mol. The van der Waals surface area contributed by atoms with Crippen molar-refractivity contribution in [3.8, 4) is 0 Å². The first-order valence-electron chi connectivity index (χ1n) is 10.8. The van der Waals surface area contributed by atoms with Crippen LogP contribution in [0.2, 0.25) is 10.0 Å². The van der Waals surface area contributed by atoms with Crippen molar-refractivity contribution in [3.05, 3.63) is 63.3 Å². The van der Waals surface area contributed by atoms with Crippen molar-refractivity contribution in [2.24, 2.45) is 7.05 Å². The van der Waals surface area contributed by atoms with Gasteiger partial charge in [-0.1, -0.05) is 35.3 Å². The average molecular weight is 523 g/mol. The molecule has 34 heavy (non-hydrogen) atoms. The van der Waals surface area contributed by atoms with E-state index in [-0.39, 0.29) is 23.8 Å². The van der Waals surface area contributed by atoms with Crippen LogP contribution in [0.5, 0.6) is 0 Å². The Labute approximate surface area is 207 Å². The first kappa shape index (κ1) is 24.6. The first-order valence-corrected chi connectivity index (χ1v) is 13.1. The largest absolute Gasteiger partial charge is 0.465 e. The molecule has 2 heterocycles. The number of amides is 1. The highest BCUT2D eigenvalue weighted by molar-refractivity contribution is 7.92. The number of aromatic nitrogens is 1. The summed E-state index contributed by atoms with van der Waals surface area (Å²) in [5.74, 6) is -1.01. The minimum absolute atomic E-state index is 0.0502. The number of ether oxygens (including phenoxy) is 1. The second kappa shape index (κ2) is 9.24. The number of benzene rings is 2. The van der Waals surface area contributed by atoms with Gasteiger partial charge < -0.3 is 14.6 Å². The minimum atomic E-state index is -3.84. The van der Waals surface area contributed by atoms with Crippen molar-refractivity contribution < 1.29 is 22.7 Å². The van der Waals surface area contributed by atoms with Gasteiger partial charge in [-0.2, -0.15) is 0 Å². The van der Waals surface area contributed by atoms with Crippen LogP contribution >= 0.6 is 23.2 Å². The van der Waals surface area contributed by atoms with Crippen LogP contribution in [0.1, 0.15) is 47.4 Å². The molecule has 7 nitrogen and oxygen atoms in total. The first-order chi connectivity index (χ1) is 16.0. The molecule has 0 radical (unpaired) electrons. The summed E-state index contributed by atoms with van der Waals surface area (Å²) in [5.41, 5.74) is 2.74. The Hall–Kier alpha value is -2.55. The van der Waals surface area contributed by atoms with Crippen LogP contribution in [0.25, 0.3) is 10.9 Å². The molecule has 1 saturated heterocycles. The van der Waals surface area contributed by atoms with E-state index >= 15 is 0 Å². The maximum absolute atomic E-state index is 13.0. The second-order valence-corrected chi connectivity index (χ2v) is 11.3. The summed E-state index contributed by atoms with van der Waals surface area (Å²) >= 11 is 12.6. The number of aryl methyl sites for hydroxylation is 2. The molecule has 2 atom stereocenters.